The maximum Gasteiger partial charge on any atom is 4.00 e. The maximum atomic E-state index is 8.33. The summed E-state index contributed by atoms with van der Waals surface area (Å²) in [5, 5.41) is 16.7. The number of hydrogen-bond acceptors (Lipinski definition) is 3. The molecule has 0 saturated heterocycles. The van der Waals surface area contributed by atoms with Crippen LogP contribution in [0, 0.1) is 39.9 Å². The molecule has 0 aliphatic rings. The molecule has 0 aliphatic carbocycles. The number of carboxylic acid groups (broad SMARTS) is 2. The van der Waals surface area contributed by atoms with Crippen LogP contribution in [0.5, 0.6) is 0 Å². The third-order valence-corrected chi connectivity index (χ3v) is 0. The molecule has 0 amide bonds. The predicted molar refractivity (Wildman–Crippen MR) is 6.51 cm³/mol. The van der Waals surface area contributed by atoms with E-state index < -0.39 is 6.16 Å². The van der Waals surface area contributed by atoms with E-state index in [9.17, 15) is 0 Å². The summed E-state index contributed by atoms with van der Waals surface area (Å²) in [6.07, 6.45) is -2.33. The molecule has 0 aromatic rings. The molecule has 0 saturated carbocycles. The Labute approximate surface area is 62.2 Å². The van der Waals surface area contributed by atoms with Crippen LogP contribution in [0.4, 0.5) is 4.79 Å². The first-order valence-corrected chi connectivity index (χ1v) is 0.612. The predicted octanol–water partition coefficient (Wildman–Crippen LogP) is -2.33. The molecular weight excluding hydrogens is 292 g/mol. The summed E-state index contributed by atoms with van der Waals surface area (Å²) in [4.78, 5) is 8.33. The Hall–Kier alpha value is 0.595. The van der Waals surface area contributed by atoms with Crippen molar-refractivity contribution in [2.24, 2.45) is 0 Å². The van der Waals surface area contributed by atoms with Gasteiger partial charge in [0, 0.05) is 0 Å². The van der Waals surface area contributed by atoms with E-state index in [-0.39, 0.29) is 41.4 Å². The van der Waals surface area contributed by atoms with Crippen LogP contribution in [0.15, 0.2) is 0 Å². The number of rotatable bonds is 0. The third-order valence-electron chi connectivity index (χ3n) is 0. The number of hydrogen-bond donors (Lipinski definition) is 0. The Kier molecular flexibility index (Phi) is 8.40. The number of carbonyl (C=O) groups is 1. The standard InChI is InChI=1S/CH2O3.Th/c2-1(3)4;/h(H2,2,3,4);/q;+4/p-1. The fourth-order valence-electron chi connectivity index (χ4n) is 0. The minimum Gasteiger partial charge on any atom is -0.652 e. The van der Waals surface area contributed by atoms with Gasteiger partial charge in [0.25, 0.3) is 0 Å². The first-order chi connectivity index (χ1) is 1.73. The van der Waals surface area contributed by atoms with Crippen molar-refractivity contribution in [1.29, 1.82) is 0 Å². The summed E-state index contributed by atoms with van der Waals surface area (Å²) in [5.41, 5.74) is 0. The zero-order valence-electron chi connectivity index (χ0n) is 3.22. The Morgan fingerprint density at radius 1 is 1.60 bits per heavy atom. The molecule has 0 aromatic carbocycles. The van der Waals surface area contributed by atoms with Crippen LogP contribution in [0.1, 0.15) is 1.43 Å². The van der Waals surface area contributed by atoms with Crippen LogP contribution in [-0.4, -0.2) is 6.16 Å². The fraction of sp³-hybridized carbons (Fsp3) is 0. The molecule has 0 spiro atoms. The van der Waals surface area contributed by atoms with Crippen LogP contribution < -0.4 is 10.2 Å². The van der Waals surface area contributed by atoms with E-state index in [2.05, 4.69) is 0 Å². The van der Waals surface area contributed by atoms with Crippen LogP contribution >= 0.6 is 0 Å². The second-order valence-corrected chi connectivity index (χ2v) is 0.250. The van der Waals surface area contributed by atoms with Crippen LogP contribution in [0.2, 0.25) is 0 Å². The van der Waals surface area contributed by atoms with E-state index in [0.717, 1.165) is 0 Å². The maximum absolute atomic E-state index is 8.33. The van der Waals surface area contributed by atoms with Gasteiger partial charge in [0.15, 0.2) is 0 Å². The minimum atomic E-state index is -2.33. The molecule has 0 aliphatic heterocycles. The Morgan fingerprint density at radius 2 is 1.60 bits per heavy atom. The Balaban J connectivity index is -0.0000000450. The summed E-state index contributed by atoms with van der Waals surface area (Å²) < 4.78 is 0. The second kappa shape index (κ2) is 4.59. The Morgan fingerprint density at radius 3 is 1.60 bits per heavy atom. The largest absolute Gasteiger partial charge is 4.00 e. The van der Waals surface area contributed by atoms with Crippen LogP contribution in [0.25, 0.3) is 0 Å². The van der Waals surface area contributed by atoms with Crippen molar-refractivity contribution < 1.29 is 56.4 Å². The van der Waals surface area contributed by atoms with Crippen molar-refractivity contribution in [3.8, 4) is 0 Å². The van der Waals surface area contributed by atoms with Gasteiger partial charge in [0.1, 0.15) is 0 Å². The summed E-state index contributed by atoms with van der Waals surface area (Å²) in [5.74, 6) is 0. The van der Waals surface area contributed by atoms with E-state index >= 15 is 0 Å². The summed E-state index contributed by atoms with van der Waals surface area (Å²) in [6, 6.07) is 0. The molecule has 3 nitrogen and oxygen atoms in total. The van der Waals surface area contributed by atoms with Gasteiger partial charge in [-0.3, -0.25) is 0 Å². The normalized spacial score (nSPS) is 4.80. The average Bonchev–Trinajstić information content (AvgIpc) is 0.811. The monoisotopic (exact) mass is 293 g/mol. The third kappa shape index (κ3) is 87.5. The van der Waals surface area contributed by atoms with E-state index in [1.54, 1.807) is 0 Å². The van der Waals surface area contributed by atoms with Gasteiger partial charge in [-0.15, -0.1) is 0 Å². The molecule has 0 unspecified atom stereocenters. The first kappa shape index (κ1) is 9.14. The summed E-state index contributed by atoms with van der Waals surface area (Å²) >= 11 is 0. The van der Waals surface area contributed by atoms with Crippen molar-refractivity contribution in [2.75, 3.05) is 0 Å². The summed E-state index contributed by atoms with van der Waals surface area (Å²) in [6.45, 7) is 0. The molecule has 0 N–H and O–H groups in total. The van der Waals surface area contributed by atoms with Crippen molar-refractivity contribution in [3.05, 3.63) is 0 Å². The molecule has 0 aromatic heterocycles. The molecule has 0 fully saturated rings. The van der Waals surface area contributed by atoms with E-state index in [0.29, 0.717) is 0 Å². The molecule has 0 bridgehead atoms. The SMILES string of the molecule is O=C([O-])[O-].[H+].[Th+4]. The zero-order valence-corrected chi connectivity index (χ0v) is 6.33. The van der Waals surface area contributed by atoms with Gasteiger partial charge < -0.3 is 15.0 Å². The van der Waals surface area contributed by atoms with Gasteiger partial charge in [0.2, 0.25) is 0 Å². The van der Waals surface area contributed by atoms with E-state index in [1.165, 1.54) is 0 Å². The topological polar surface area (TPSA) is 63.2 Å². The molecule has 5 heavy (non-hydrogen) atoms. The zero-order chi connectivity index (χ0) is 3.58. The molecular formula is CHO3Th+3. The van der Waals surface area contributed by atoms with Gasteiger partial charge in [-0.2, -0.15) is 0 Å². The quantitative estimate of drug-likeness (QED) is 0.503. The number of carbonyl (C=O) groups excluding carboxylic acids is 1. The van der Waals surface area contributed by atoms with Crippen molar-refractivity contribution in [2.45, 2.75) is 0 Å². The molecule has 0 rings (SSSR count). The van der Waals surface area contributed by atoms with Gasteiger partial charge in [0.05, 0.1) is 0 Å². The minimum absolute atomic E-state index is 0. The van der Waals surface area contributed by atoms with Crippen molar-refractivity contribution in [1.82, 2.24) is 0 Å². The molecule has 4 heteroatoms. The fourth-order valence-corrected chi connectivity index (χ4v) is 0. The van der Waals surface area contributed by atoms with E-state index in [1.807, 2.05) is 0 Å². The average molecular weight is 293 g/mol. The van der Waals surface area contributed by atoms with Crippen LogP contribution in [-0.2, 0) is 0 Å². The smallest absolute Gasteiger partial charge is 0.652 e. The van der Waals surface area contributed by atoms with Gasteiger partial charge in [-0.05, 0) is 6.16 Å². The van der Waals surface area contributed by atoms with Crippen molar-refractivity contribution in [3.63, 3.8) is 0 Å². The summed E-state index contributed by atoms with van der Waals surface area (Å²) in [7, 11) is 0. The second-order valence-electron chi connectivity index (χ2n) is 0.250. The van der Waals surface area contributed by atoms with Gasteiger partial charge in [-0.1, -0.05) is 0 Å². The van der Waals surface area contributed by atoms with Crippen molar-refractivity contribution >= 4 is 6.16 Å². The Bertz CT molecular complexity index is 33.8. The molecule has 24 valence electrons. The van der Waals surface area contributed by atoms with Gasteiger partial charge in [-0.25, -0.2) is 0 Å². The van der Waals surface area contributed by atoms with E-state index in [4.69, 9.17) is 15.0 Å². The van der Waals surface area contributed by atoms with Crippen LogP contribution in [0.3, 0.4) is 0 Å². The van der Waals surface area contributed by atoms with Gasteiger partial charge >= 0.3 is 41.4 Å². The molecule has 0 heterocycles. The first-order valence-electron chi connectivity index (χ1n) is 0.612. The molecule has 0 radical (unpaired) electrons. The molecule has 0 atom stereocenters.